The van der Waals surface area contributed by atoms with Gasteiger partial charge in [-0.25, -0.2) is 0 Å². The topological polar surface area (TPSA) is 33.7 Å². The van der Waals surface area contributed by atoms with Crippen molar-refractivity contribution in [1.82, 2.24) is 10.2 Å². The van der Waals surface area contributed by atoms with Gasteiger partial charge in [-0.1, -0.05) is 13.8 Å². The van der Waals surface area contributed by atoms with Gasteiger partial charge in [-0.15, -0.1) is 0 Å². The Morgan fingerprint density at radius 3 is 2.00 bits per heavy atom. The Morgan fingerprint density at radius 2 is 1.53 bits per heavy atom. The zero-order valence-corrected chi connectivity index (χ0v) is 12.0. The van der Waals surface area contributed by atoms with Crippen molar-refractivity contribution in [3.8, 4) is 0 Å². The van der Waals surface area contributed by atoms with E-state index in [4.69, 9.17) is 9.47 Å². The lowest BCUT2D eigenvalue weighted by Crippen LogP contribution is -2.33. The minimum atomic E-state index is -0.0500. The minimum Gasteiger partial charge on any atom is -0.353 e. The van der Waals surface area contributed by atoms with Crippen molar-refractivity contribution in [3.05, 3.63) is 0 Å². The SMILES string of the molecule is CCOC(CCNCCN(CC)CC)OCC. The number of rotatable bonds is 12. The van der Waals surface area contributed by atoms with Gasteiger partial charge < -0.3 is 19.7 Å². The fraction of sp³-hybridized carbons (Fsp3) is 1.00. The third-order valence-corrected chi connectivity index (χ3v) is 2.76. The summed E-state index contributed by atoms with van der Waals surface area (Å²) >= 11 is 0. The van der Waals surface area contributed by atoms with E-state index >= 15 is 0 Å². The lowest BCUT2D eigenvalue weighted by Gasteiger charge is -2.19. The molecule has 1 N–H and O–H groups in total. The highest BCUT2D eigenvalue weighted by molar-refractivity contribution is 4.57. The summed E-state index contributed by atoms with van der Waals surface area (Å²) in [7, 11) is 0. The number of nitrogens with one attached hydrogen (secondary N) is 1. The Morgan fingerprint density at radius 1 is 0.941 bits per heavy atom. The van der Waals surface area contributed by atoms with E-state index in [0.29, 0.717) is 13.2 Å². The first kappa shape index (κ1) is 16.8. The molecule has 104 valence electrons. The summed E-state index contributed by atoms with van der Waals surface area (Å²) in [5.74, 6) is 0. The van der Waals surface area contributed by atoms with E-state index in [2.05, 4.69) is 24.1 Å². The molecule has 17 heavy (non-hydrogen) atoms. The third-order valence-electron chi connectivity index (χ3n) is 2.76. The van der Waals surface area contributed by atoms with E-state index < -0.39 is 0 Å². The van der Waals surface area contributed by atoms with Crippen LogP contribution in [-0.2, 0) is 9.47 Å². The van der Waals surface area contributed by atoms with E-state index in [-0.39, 0.29) is 6.29 Å². The standard InChI is InChI=1S/C13H30N2O2/c1-5-15(6-2)12-11-14-10-9-13(16-7-3)17-8-4/h13-14H,5-12H2,1-4H3. The van der Waals surface area contributed by atoms with E-state index in [9.17, 15) is 0 Å². The first-order chi connectivity index (χ1) is 8.28. The van der Waals surface area contributed by atoms with Crippen molar-refractivity contribution in [2.24, 2.45) is 0 Å². The lowest BCUT2D eigenvalue weighted by atomic mass is 10.4. The van der Waals surface area contributed by atoms with E-state index in [0.717, 1.165) is 39.1 Å². The molecule has 0 aromatic rings. The molecule has 0 aromatic heterocycles. The van der Waals surface area contributed by atoms with Gasteiger partial charge in [0.1, 0.15) is 0 Å². The molecular formula is C13H30N2O2. The van der Waals surface area contributed by atoms with Gasteiger partial charge in [0.2, 0.25) is 0 Å². The summed E-state index contributed by atoms with van der Waals surface area (Å²) in [4.78, 5) is 2.41. The van der Waals surface area contributed by atoms with Gasteiger partial charge in [0.25, 0.3) is 0 Å². The highest BCUT2D eigenvalue weighted by atomic mass is 16.7. The molecular weight excluding hydrogens is 216 g/mol. The second-order valence-corrected chi connectivity index (χ2v) is 3.91. The zero-order chi connectivity index (χ0) is 12.9. The van der Waals surface area contributed by atoms with Crippen LogP contribution in [0.1, 0.15) is 34.1 Å². The predicted molar refractivity (Wildman–Crippen MR) is 72.3 cm³/mol. The minimum absolute atomic E-state index is 0.0500. The van der Waals surface area contributed by atoms with Crippen molar-refractivity contribution < 1.29 is 9.47 Å². The van der Waals surface area contributed by atoms with Crippen molar-refractivity contribution in [2.75, 3.05) is 45.9 Å². The van der Waals surface area contributed by atoms with E-state index in [1.807, 2.05) is 13.8 Å². The summed E-state index contributed by atoms with van der Waals surface area (Å²) in [6.45, 7) is 15.2. The molecule has 0 aromatic carbocycles. The first-order valence-corrected chi connectivity index (χ1v) is 6.94. The maximum Gasteiger partial charge on any atom is 0.158 e. The zero-order valence-electron chi connectivity index (χ0n) is 12.0. The normalized spacial score (nSPS) is 11.6. The van der Waals surface area contributed by atoms with Gasteiger partial charge in [-0.3, -0.25) is 0 Å². The van der Waals surface area contributed by atoms with Crippen LogP contribution >= 0.6 is 0 Å². The molecule has 0 aliphatic rings. The molecule has 0 saturated carbocycles. The second-order valence-electron chi connectivity index (χ2n) is 3.91. The Hall–Kier alpha value is -0.160. The van der Waals surface area contributed by atoms with Gasteiger partial charge >= 0.3 is 0 Å². The van der Waals surface area contributed by atoms with Gasteiger partial charge in [0.15, 0.2) is 6.29 Å². The second kappa shape index (κ2) is 12.3. The number of nitrogens with zero attached hydrogens (tertiary/aromatic N) is 1. The average Bonchev–Trinajstić information content (AvgIpc) is 2.34. The summed E-state index contributed by atoms with van der Waals surface area (Å²) in [6, 6.07) is 0. The molecule has 0 radical (unpaired) electrons. The van der Waals surface area contributed by atoms with Crippen molar-refractivity contribution >= 4 is 0 Å². The van der Waals surface area contributed by atoms with Crippen LogP contribution in [0.5, 0.6) is 0 Å². The fourth-order valence-electron chi connectivity index (χ4n) is 1.71. The highest BCUT2D eigenvalue weighted by Gasteiger charge is 2.06. The molecule has 0 bridgehead atoms. The lowest BCUT2D eigenvalue weighted by molar-refractivity contribution is -0.138. The van der Waals surface area contributed by atoms with Crippen molar-refractivity contribution in [2.45, 2.75) is 40.4 Å². The van der Waals surface area contributed by atoms with Crippen molar-refractivity contribution in [3.63, 3.8) is 0 Å². The molecule has 0 aliphatic heterocycles. The molecule has 0 atom stereocenters. The van der Waals surface area contributed by atoms with Crippen LogP contribution in [0.4, 0.5) is 0 Å². The summed E-state index contributed by atoms with van der Waals surface area (Å²) < 4.78 is 11.0. The molecule has 0 heterocycles. The van der Waals surface area contributed by atoms with E-state index in [1.165, 1.54) is 0 Å². The van der Waals surface area contributed by atoms with Crippen LogP contribution in [0.2, 0.25) is 0 Å². The largest absolute Gasteiger partial charge is 0.353 e. The summed E-state index contributed by atoms with van der Waals surface area (Å²) in [6.07, 6.45) is 0.867. The molecule has 4 heteroatoms. The molecule has 4 nitrogen and oxygen atoms in total. The first-order valence-electron chi connectivity index (χ1n) is 6.94. The van der Waals surface area contributed by atoms with Gasteiger partial charge in [0, 0.05) is 39.3 Å². The third kappa shape index (κ3) is 9.53. The van der Waals surface area contributed by atoms with Crippen LogP contribution in [0.15, 0.2) is 0 Å². The quantitative estimate of drug-likeness (QED) is 0.420. The van der Waals surface area contributed by atoms with Crippen LogP contribution in [0, 0.1) is 0 Å². The molecule has 0 spiro atoms. The van der Waals surface area contributed by atoms with Gasteiger partial charge in [-0.2, -0.15) is 0 Å². The fourth-order valence-corrected chi connectivity index (χ4v) is 1.71. The highest BCUT2D eigenvalue weighted by Crippen LogP contribution is 1.99. The monoisotopic (exact) mass is 246 g/mol. The molecule has 0 saturated heterocycles. The molecule has 0 fully saturated rings. The molecule has 0 aliphatic carbocycles. The maximum absolute atomic E-state index is 5.48. The molecule has 0 amide bonds. The average molecular weight is 246 g/mol. The van der Waals surface area contributed by atoms with E-state index in [1.54, 1.807) is 0 Å². The number of ether oxygens (including phenoxy) is 2. The number of hydrogen-bond acceptors (Lipinski definition) is 4. The number of hydrogen-bond donors (Lipinski definition) is 1. The number of likely N-dealkylation sites (N-methyl/N-ethyl adjacent to an activating group) is 1. The molecule has 0 unspecified atom stereocenters. The van der Waals surface area contributed by atoms with Crippen LogP contribution in [0.25, 0.3) is 0 Å². The predicted octanol–water partition coefficient (Wildman–Crippen LogP) is 1.71. The summed E-state index contributed by atoms with van der Waals surface area (Å²) in [5, 5.41) is 3.43. The van der Waals surface area contributed by atoms with Crippen LogP contribution < -0.4 is 5.32 Å². The van der Waals surface area contributed by atoms with Gasteiger partial charge in [-0.05, 0) is 26.9 Å². The Labute approximate surface area is 107 Å². The molecule has 0 rings (SSSR count). The smallest absolute Gasteiger partial charge is 0.158 e. The van der Waals surface area contributed by atoms with Gasteiger partial charge in [0.05, 0.1) is 0 Å². The van der Waals surface area contributed by atoms with Crippen LogP contribution in [-0.4, -0.2) is 57.1 Å². The Balaban J connectivity index is 3.46. The van der Waals surface area contributed by atoms with Crippen LogP contribution in [0.3, 0.4) is 0 Å². The maximum atomic E-state index is 5.48. The Bertz CT molecular complexity index is 146. The Kier molecular flexibility index (Phi) is 12.2. The van der Waals surface area contributed by atoms with Crippen molar-refractivity contribution in [1.29, 1.82) is 0 Å². The summed E-state index contributed by atoms with van der Waals surface area (Å²) in [5.41, 5.74) is 0.